The number of H-pyrrole nitrogens is 1. The minimum absolute atomic E-state index is 0.281. The summed E-state index contributed by atoms with van der Waals surface area (Å²) in [5.41, 5.74) is -2.31. The summed E-state index contributed by atoms with van der Waals surface area (Å²) >= 11 is 0. The number of hydrogen-bond donors (Lipinski definition) is 2. The molecule has 1 amide bonds. The topological polar surface area (TPSA) is 102 Å². The Morgan fingerprint density at radius 1 is 1.19 bits per heavy atom. The number of alkyl halides is 3. The third kappa shape index (κ3) is 3.81. The minimum Gasteiger partial charge on any atom is -0.497 e. The maximum absolute atomic E-state index is 13.5. The van der Waals surface area contributed by atoms with E-state index in [-0.39, 0.29) is 11.5 Å². The number of halogens is 3. The van der Waals surface area contributed by atoms with Gasteiger partial charge in [0.05, 0.1) is 18.9 Å². The number of carbonyl (C=O) groups excluding carboxylic acids is 1. The highest BCUT2D eigenvalue weighted by atomic mass is 19.4. The van der Waals surface area contributed by atoms with E-state index in [1.54, 1.807) is 12.1 Å². The molecule has 8 nitrogen and oxygen atoms in total. The van der Waals surface area contributed by atoms with Gasteiger partial charge in [-0.3, -0.25) is 9.59 Å². The Bertz CT molecular complexity index is 1000. The summed E-state index contributed by atoms with van der Waals surface area (Å²) in [4.78, 5) is 23.4. The Labute approximate surface area is 149 Å². The lowest BCUT2D eigenvalue weighted by molar-refractivity contribution is -0.143. The van der Waals surface area contributed by atoms with Crippen molar-refractivity contribution in [2.45, 2.75) is 6.18 Å². The Kier molecular flexibility index (Phi) is 4.67. The number of nitrogens with one attached hydrogen (secondary N) is 2. The summed E-state index contributed by atoms with van der Waals surface area (Å²) in [6, 6.07) is 8.13. The van der Waals surface area contributed by atoms with E-state index in [2.05, 4.69) is 15.5 Å². The van der Waals surface area contributed by atoms with Crippen LogP contribution in [-0.2, 0) is 6.18 Å². The summed E-state index contributed by atoms with van der Waals surface area (Å²) in [7, 11) is 1.46. The van der Waals surface area contributed by atoms with Crippen molar-refractivity contribution in [3.8, 4) is 11.6 Å². The molecule has 0 atom stereocenters. The smallest absolute Gasteiger partial charge is 0.434 e. The molecule has 27 heavy (non-hydrogen) atoms. The van der Waals surface area contributed by atoms with Crippen molar-refractivity contribution in [2.24, 2.45) is 0 Å². The maximum atomic E-state index is 13.5. The van der Waals surface area contributed by atoms with E-state index < -0.39 is 28.9 Å². The standard InChI is InChI=1S/C16H12F3N5O3/c1-27-10-4-2-9(3-5-10)21-15(26)11-8-20-24(14(11)16(17,18)19)12-6-7-13(25)23-22-12/h2-8H,1H3,(H,21,26)(H,23,25). The van der Waals surface area contributed by atoms with Gasteiger partial charge in [-0.25, -0.2) is 9.78 Å². The first kappa shape index (κ1) is 18.2. The number of rotatable bonds is 4. The van der Waals surface area contributed by atoms with Gasteiger partial charge in [-0.05, 0) is 30.3 Å². The Morgan fingerprint density at radius 2 is 1.89 bits per heavy atom. The number of aromatic nitrogens is 4. The van der Waals surface area contributed by atoms with Gasteiger partial charge in [0, 0.05) is 11.8 Å². The van der Waals surface area contributed by atoms with Crippen molar-refractivity contribution in [3.63, 3.8) is 0 Å². The number of methoxy groups -OCH3 is 1. The quantitative estimate of drug-likeness (QED) is 0.724. The van der Waals surface area contributed by atoms with Crippen LogP contribution in [0.15, 0.2) is 47.4 Å². The van der Waals surface area contributed by atoms with Gasteiger partial charge in [0.2, 0.25) is 0 Å². The average Bonchev–Trinajstić information content (AvgIpc) is 3.09. The molecule has 0 saturated heterocycles. The number of nitrogens with zero attached hydrogens (tertiary/aromatic N) is 3. The Morgan fingerprint density at radius 3 is 2.44 bits per heavy atom. The molecule has 0 bridgehead atoms. The zero-order chi connectivity index (χ0) is 19.6. The van der Waals surface area contributed by atoms with Crippen LogP contribution < -0.4 is 15.6 Å². The third-order valence-electron chi connectivity index (χ3n) is 3.51. The first-order valence-electron chi connectivity index (χ1n) is 7.46. The predicted molar refractivity (Wildman–Crippen MR) is 87.9 cm³/mol. The monoisotopic (exact) mass is 379 g/mol. The first-order chi connectivity index (χ1) is 12.8. The van der Waals surface area contributed by atoms with E-state index in [0.717, 1.165) is 18.3 Å². The molecule has 2 N–H and O–H groups in total. The molecule has 0 aliphatic heterocycles. The molecular formula is C16H12F3N5O3. The number of carbonyl (C=O) groups is 1. The number of anilines is 1. The number of hydrogen-bond acceptors (Lipinski definition) is 5. The van der Waals surface area contributed by atoms with Crippen LogP contribution >= 0.6 is 0 Å². The van der Waals surface area contributed by atoms with E-state index in [1.165, 1.54) is 19.2 Å². The summed E-state index contributed by atoms with van der Waals surface area (Å²) in [5, 5.41) is 11.5. The van der Waals surface area contributed by atoms with Crippen LogP contribution in [0.25, 0.3) is 5.82 Å². The fourth-order valence-corrected chi connectivity index (χ4v) is 2.29. The second-order valence-corrected chi connectivity index (χ2v) is 5.28. The summed E-state index contributed by atoms with van der Waals surface area (Å²) in [6.45, 7) is 0. The molecule has 3 rings (SSSR count). The highest BCUT2D eigenvalue weighted by Crippen LogP contribution is 2.33. The first-order valence-corrected chi connectivity index (χ1v) is 7.46. The highest BCUT2D eigenvalue weighted by molar-refractivity contribution is 6.05. The molecule has 0 radical (unpaired) electrons. The van der Waals surface area contributed by atoms with E-state index in [1.807, 2.05) is 5.10 Å². The van der Waals surface area contributed by atoms with Crippen LogP contribution in [0.2, 0.25) is 0 Å². The summed E-state index contributed by atoms with van der Waals surface area (Å²) in [5.74, 6) is -0.755. The second kappa shape index (κ2) is 6.94. The number of aromatic amines is 1. The van der Waals surface area contributed by atoms with Crippen LogP contribution in [0, 0.1) is 0 Å². The number of amides is 1. The van der Waals surface area contributed by atoms with Crippen LogP contribution in [-0.4, -0.2) is 33.0 Å². The average molecular weight is 379 g/mol. The molecule has 0 aliphatic rings. The van der Waals surface area contributed by atoms with Gasteiger partial charge in [-0.1, -0.05) is 0 Å². The van der Waals surface area contributed by atoms with Crippen LogP contribution in [0.4, 0.5) is 18.9 Å². The zero-order valence-corrected chi connectivity index (χ0v) is 13.7. The molecule has 3 aromatic rings. The van der Waals surface area contributed by atoms with Gasteiger partial charge in [0.25, 0.3) is 11.5 Å². The lowest BCUT2D eigenvalue weighted by atomic mass is 10.2. The van der Waals surface area contributed by atoms with Gasteiger partial charge in [0.15, 0.2) is 11.5 Å². The van der Waals surface area contributed by atoms with Gasteiger partial charge in [-0.2, -0.15) is 23.4 Å². The largest absolute Gasteiger partial charge is 0.497 e. The summed E-state index contributed by atoms with van der Waals surface area (Å²) < 4.78 is 46.1. The third-order valence-corrected chi connectivity index (χ3v) is 3.51. The fraction of sp³-hybridized carbons (Fsp3) is 0.125. The molecule has 1 aromatic carbocycles. The molecule has 11 heteroatoms. The molecular weight excluding hydrogens is 367 g/mol. The minimum atomic E-state index is -4.89. The van der Waals surface area contributed by atoms with Crippen molar-refractivity contribution < 1.29 is 22.7 Å². The molecule has 0 spiro atoms. The summed E-state index contributed by atoms with van der Waals surface area (Å²) in [6.07, 6.45) is -4.10. The van der Waals surface area contributed by atoms with Crippen molar-refractivity contribution in [1.82, 2.24) is 20.0 Å². The van der Waals surface area contributed by atoms with E-state index in [0.29, 0.717) is 10.4 Å². The Balaban J connectivity index is 1.98. The molecule has 140 valence electrons. The van der Waals surface area contributed by atoms with Gasteiger partial charge in [0.1, 0.15) is 5.75 Å². The van der Waals surface area contributed by atoms with Crippen molar-refractivity contribution in [3.05, 3.63) is 64.2 Å². The van der Waals surface area contributed by atoms with Crippen LogP contribution in [0.5, 0.6) is 5.75 Å². The molecule has 0 unspecified atom stereocenters. The lowest BCUT2D eigenvalue weighted by Gasteiger charge is -2.12. The zero-order valence-electron chi connectivity index (χ0n) is 13.7. The normalized spacial score (nSPS) is 11.3. The molecule has 0 saturated carbocycles. The highest BCUT2D eigenvalue weighted by Gasteiger charge is 2.41. The second-order valence-electron chi connectivity index (χ2n) is 5.28. The molecule has 0 fully saturated rings. The predicted octanol–water partition coefficient (Wildman–Crippen LogP) is 2.24. The van der Waals surface area contributed by atoms with Gasteiger partial charge >= 0.3 is 6.18 Å². The lowest BCUT2D eigenvalue weighted by Crippen LogP contribution is -2.21. The molecule has 2 aromatic heterocycles. The van der Waals surface area contributed by atoms with Crippen LogP contribution in [0.1, 0.15) is 16.1 Å². The molecule has 2 heterocycles. The Hall–Kier alpha value is -3.63. The van der Waals surface area contributed by atoms with Crippen molar-refractivity contribution in [1.29, 1.82) is 0 Å². The van der Waals surface area contributed by atoms with Gasteiger partial charge in [-0.15, -0.1) is 0 Å². The number of benzene rings is 1. The number of ether oxygens (including phenoxy) is 1. The van der Waals surface area contributed by atoms with Crippen LogP contribution in [0.3, 0.4) is 0 Å². The van der Waals surface area contributed by atoms with E-state index in [4.69, 9.17) is 4.74 Å². The van der Waals surface area contributed by atoms with Crippen molar-refractivity contribution in [2.75, 3.05) is 12.4 Å². The fourth-order valence-electron chi connectivity index (χ4n) is 2.29. The maximum Gasteiger partial charge on any atom is 0.434 e. The molecule has 0 aliphatic carbocycles. The van der Waals surface area contributed by atoms with E-state index in [9.17, 15) is 22.8 Å². The van der Waals surface area contributed by atoms with Gasteiger partial charge < -0.3 is 10.1 Å². The SMILES string of the molecule is COc1ccc(NC(=O)c2cnn(-c3ccc(=O)[nH]n3)c2C(F)(F)F)cc1. The van der Waals surface area contributed by atoms with Crippen molar-refractivity contribution >= 4 is 11.6 Å². The van der Waals surface area contributed by atoms with E-state index >= 15 is 0 Å².